The van der Waals surface area contributed by atoms with Crippen molar-refractivity contribution in [3.05, 3.63) is 47.5 Å². The van der Waals surface area contributed by atoms with Gasteiger partial charge in [0.1, 0.15) is 0 Å². The molecule has 1 heterocycles. The van der Waals surface area contributed by atoms with E-state index in [1.54, 1.807) is 6.07 Å². The lowest BCUT2D eigenvalue weighted by Crippen LogP contribution is -2.28. The quantitative estimate of drug-likeness (QED) is 0.722. The largest absolute Gasteiger partial charge is 0.326 e. The summed E-state index contributed by atoms with van der Waals surface area (Å²) < 4.78 is 25.4. The molecule has 2 amide bonds. The molecule has 0 saturated heterocycles. The summed E-state index contributed by atoms with van der Waals surface area (Å²) in [7, 11) is -3.66. The van der Waals surface area contributed by atoms with E-state index in [2.05, 4.69) is 10.6 Å². The molecule has 154 valence electrons. The molecule has 1 aliphatic rings. The summed E-state index contributed by atoms with van der Waals surface area (Å²) in [6, 6.07) is 10.4. The van der Waals surface area contributed by atoms with Gasteiger partial charge in [-0.25, -0.2) is 8.42 Å². The Morgan fingerprint density at radius 2 is 1.93 bits per heavy atom. The first-order valence-electron chi connectivity index (χ1n) is 9.41. The number of nitrogens with one attached hydrogen (secondary N) is 2. The molecular formula is C21H24N2O4S2. The molecule has 6 nitrogen and oxygen atoms in total. The van der Waals surface area contributed by atoms with Gasteiger partial charge < -0.3 is 10.6 Å². The van der Waals surface area contributed by atoms with E-state index in [0.717, 1.165) is 16.0 Å². The molecule has 2 aromatic carbocycles. The van der Waals surface area contributed by atoms with E-state index in [-0.39, 0.29) is 34.1 Å². The van der Waals surface area contributed by atoms with Crippen LogP contribution in [-0.2, 0) is 19.4 Å². The van der Waals surface area contributed by atoms with Crippen molar-refractivity contribution in [3.8, 4) is 0 Å². The van der Waals surface area contributed by atoms with Crippen LogP contribution in [-0.4, -0.2) is 31.2 Å². The predicted octanol–water partition coefficient (Wildman–Crippen LogP) is 3.93. The molecule has 3 rings (SSSR count). The second-order valence-electron chi connectivity index (χ2n) is 7.10. The van der Waals surface area contributed by atoms with Gasteiger partial charge in [0.2, 0.25) is 11.8 Å². The molecule has 0 aromatic heterocycles. The number of sulfone groups is 1. The summed E-state index contributed by atoms with van der Waals surface area (Å²) in [5.74, 6) is -0.776. The molecule has 1 aliphatic heterocycles. The number of amides is 2. The molecule has 0 spiro atoms. The van der Waals surface area contributed by atoms with Crippen molar-refractivity contribution in [3.63, 3.8) is 0 Å². The molecule has 29 heavy (non-hydrogen) atoms. The molecule has 0 fully saturated rings. The summed E-state index contributed by atoms with van der Waals surface area (Å²) in [6.07, 6.45) is 0.553. The minimum Gasteiger partial charge on any atom is -0.326 e. The average Bonchev–Trinajstić information content (AvgIpc) is 2.67. The molecule has 0 radical (unpaired) electrons. The molecule has 8 heteroatoms. The smallest absolute Gasteiger partial charge is 0.237 e. The lowest BCUT2D eigenvalue weighted by atomic mass is 10.1. The zero-order valence-electron chi connectivity index (χ0n) is 16.6. The van der Waals surface area contributed by atoms with Crippen molar-refractivity contribution in [2.75, 3.05) is 16.4 Å². The third-order valence-corrected chi connectivity index (χ3v) is 7.91. The van der Waals surface area contributed by atoms with Crippen LogP contribution in [0.25, 0.3) is 0 Å². The average molecular weight is 433 g/mol. The zero-order chi connectivity index (χ0) is 21.2. The molecule has 2 aromatic rings. The van der Waals surface area contributed by atoms with Crippen LogP contribution in [0.15, 0.2) is 46.2 Å². The molecule has 0 bridgehead atoms. The van der Waals surface area contributed by atoms with E-state index in [1.807, 2.05) is 39.0 Å². The molecular weight excluding hydrogens is 408 g/mol. The van der Waals surface area contributed by atoms with Crippen molar-refractivity contribution in [2.45, 2.75) is 48.7 Å². The number of fused-ring (bicyclic) bond motifs is 1. The van der Waals surface area contributed by atoms with Crippen LogP contribution in [0.2, 0.25) is 0 Å². The second kappa shape index (κ2) is 8.59. The van der Waals surface area contributed by atoms with Crippen molar-refractivity contribution in [1.29, 1.82) is 0 Å². The minimum atomic E-state index is -3.66. The van der Waals surface area contributed by atoms with Gasteiger partial charge in [0.25, 0.3) is 0 Å². The molecule has 0 unspecified atom stereocenters. The minimum absolute atomic E-state index is 0.103. The maximum Gasteiger partial charge on any atom is 0.237 e. The van der Waals surface area contributed by atoms with Crippen molar-refractivity contribution >= 4 is 44.8 Å². The third kappa shape index (κ3) is 5.00. The summed E-state index contributed by atoms with van der Waals surface area (Å²) in [6.45, 7) is 5.79. The number of aryl methyl sites for hydroxylation is 2. The van der Waals surface area contributed by atoms with Crippen LogP contribution in [0.5, 0.6) is 0 Å². The summed E-state index contributed by atoms with van der Waals surface area (Å²) in [5, 5.41) is 5.38. The van der Waals surface area contributed by atoms with Crippen molar-refractivity contribution < 1.29 is 18.0 Å². The van der Waals surface area contributed by atoms with E-state index in [9.17, 15) is 18.0 Å². The van der Waals surface area contributed by atoms with Gasteiger partial charge in [-0.1, -0.05) is 24.6 Å². The Bertz CT molecular complexity index is 1060. The first-order chi connectivity index (χ1) is 13.7. The van der Waals surface area contributed by atoms with Gasteiger partial charge in [0.15, 0.2) is 9.84 Å². The molecule has 2 N–H and O–H groups in total. The number of hydrogen-bond donors (Lipinski definition) is 2. The van der Waals surface area contributed by atoms with Gasteiger partial charge in [0.05, 0.1) is 21.6 Å². The van der Waals surface area contributed by atoms with Gasteiger partial charge in [-0.15, -0.1) is 11.8 Å². The number of carbonyl (C=O) groups is 2. The second-order valence-corrected chi connectivity index (χ2v) is 10.5. The van der Waals surface area contributed by atoms with E-state index in [1.165, 1.54) is 23.9 Å². The fraction of sp³-hybridized carbons (Fsp3) is 0.333. The van der Waals surface area contributed by atoms with Gasteiger partial charge >= 0.3 is 0 Å². The van der Waals surface area contributed by atoms with Crippen LogP contribution in [0.3, 0.4) is 0 Å². The normalized spacial score (nSPS) is 16.1. The van der Waals surface area contributed by atoms with Crippen LogP contribution < -0.4 is 10.6 Å². The third-order valence-electron chi connectivity index (χ3n) is 4.75. The molecule has 0 aliphatic carbocycles. The van der Waals surface area contributed by atoms with Gasteiger partial charge in [-0.2, -0.15) is 0 Å². The number of hydrogen-bond acceptors (Lipinski definition) is 5. The van der Waals surface area contributed by atoms with E-state index < -0.39 is 9.84 Å². The maximum atomic E-state index is 12.7. The molecule has 1 atom stereocenters. The predicted molar refractivity (Wildman–Crippen MR) is 116 cm³/mol. The SMILES string of the molecule is CC[C@@H]1Sc2ccc(S(=O)(=O)CCC(=O)Nc3ccc(C)cc3C)cc2NC1=O. The van der Waals surface area contributed by atoms with Gasteiger partial charge in [0, 0.05) is 17.0 Å². The number of carbonyl (C=O) groups excluding carboxylic acids is 2. The topological polar surface area (TPSA) is 92.3 Å². The number of rotatable bonds is 6. The van der Waals surface area contributed by atoms with Crippen molar-refractivity contribution in [1.82, 2.24) is 0 Å². The highest BCUT2D eigenvalue weighted by Crippen LogP contribution is 2.38. The molecule has 0 saturated carbocycles. The first kappa shape index (κ1) is 21.4. The highest BCUT2D eigenvalue weighted by atomic mass is 32.2. The Labute approximate surface area is 175 Å². The Morgan fingerprint density at radius 1 is 1.17 bits per heavy atom. The summed E-state index contributed by atoms with van der Waals surface area (Å²) >= 11 is 1.44. The number of benzene rings is 2. The van der Waals surface area contributed by atoms with E-state index in [4.69, 9.17) is 0 Å². The lowest BCUT2D eigenvalue weighted by Gasteiger charge is -2.23. The van der Waals surface area contributed by atoms with E-state index in [0.29, 0.717) is 17.8 Å². The monoisotopic (exact) mass is 432 g/mol. The summed E-state index contributed by atoms with van der Waals surface area (Å²) in [4.78, 5) is 25.2. The van der Waals surface area contributed by atoms with Crippen LogP contribution in [0, 0.1) is 13.8 Å². The maximum absolute atomic E-state index is 12.7. The zero-order valence-corrected chi connectivity index (χ0v) is 18.2. The Balaban J connectivity index is 1.67. The highest BCUT2D eigenvalue weighted by molar-refractivity contribution is 8.01. The van der Waals surface area contributed by atoms with Crippen LogP contribution in [0.1, 0.15) is 30.9 Å². The van der Waals surface area contributed by atoms with Crippen molar-refractivity contribution in [2.24, 2.45) is 0 Å². The highest BCUT2D eigenvalue weighted by Gasteiger charge is 2.27. The van der Waals surface area contributed by atoms with Crippen LogP contribution in [0.4, 0.5) is 11.4 Å². The first-order valence-corrected chi connectivity index (χ1v) is 11.9. The van der Waals surface area contributed by atoms with Crippen LogP contribution >= 0.6 is 11.8 Å². The Kier molecular flexibility index (Phi) is 6.33. The summed E-state index contributed by atoms with van der Waals surface area (Å²) in [5.41, 5.74) is 3.20. The fourth-order valence-corrected chi connectivity index (χ4v) is 5.39. The Morgan fingerprint density at radius 3 is 2.62 bits per heavy atom. The number of thioether (sulfide) groups is 1. The Hall–Kier alpha value is -2.32. The number of anilines is 2. The van der Waals surface area contributed by atoms with Gasteiger partial charge in [-0.3, -0.25) is 9.59 Å². The van der Waals surface area contributed by atoms with Gasteiger partial charge in [-0.05, 0) is 50.1 Å². The standard InChI is InChI=1S/C21H24N2O4S2/c1-4-18-21(25)23-17-12-15(6-8-19(17)28-18)29(26,27)10-9-20(24)22-16-7-5-13(2)11-14(16)3/h5-8,11-12,18H,4,9-10H2,1-3H3,(H,22,24)(H,23,25)/t18-/m0/s1. The fourth-order valence-electron chi connectivity index (χ4n) is 3.10. The lowest BCUT2D eigenvalue weighted by molar-refractivity contribution is -0.116. The van der Waals surface area contributed by atoms with E-state index >= 15 is 0 Å².